The average Bonchev–Trinajstić information content (AvgIpc) is 3.21. The van der Waals surface area contributed by atoms with Crippen LogP contribution >= 0.6 is 0 Å². The molecule has 12 nitrogen and oxygen atoms in total. The Labute approximate surface area is 236 Å². The second-order valence-corrected chi connectivity index (χ2v) is 14.7. The highest BCUT2D eigenvalue weighted by Crippen LogP contribution is 2.29. The Kier molecular flexibility index (Phi) is 17.1. The van der Waals surface area contributed by atoms with Gasteiger partial charge in [-0.1, -0.05) is 0 Å². The van der Waals surface area contributed by atoms with Crippen LogP contribution in [0.3, 0.4) is 0 Å². The van der Waals surface area contributed by atoms with Crippen LogP contribution in [-0.2, 0) is 45.6 Å². The summed E-state index contributed by atoms with van der Waals surface area (Å²) < 4.78 is 46.8. The second-order valence-electron chi connectivity index (χ2n) is 9.23. The minimum atomic E-state index is -2.80. The Morgan fingerprint density at radius 3 is 1.15 bits per heavy atom. The van der Waals surface area contributed by atoms with Gasteiger partial charge < -0.3 is 46.7 Å². The predicted molar refractivity (Wildman–Crippen MR) is 150 cm³/mol. The lowest BCUT2D eigenvalue weighted by Crippen LogP contribution is -2.49. The maximum absolute atomic E-state index is 13.0. The number of hydrogen-bond acceptors (Lipinski definition) is 10. The van der Waals surface area contributed by atoms with Crippen LogP contribution in [0.2, 0.25) is 12.1 Å². The third-order valence-electron chi connectivity index (χ3n) is 5.72. The van der Waals surface area contributed by atoms with Gasteiger partial charge in [0.15, 0.2) is 18.0 Å². The van der Waals surface area contributed by atoms with Crippen molar-refractivity contribution in [1.29, 1.82) is 0 Å². The van der Waals surface area contributed by atoms with E-state index in [0.717, 1.165) is 0 Å². The van der Waals surface area contributed by atoms with Crippen LogP contribution in [-0.4, -0.2) is 100 Å². The molecule has 2 atom stereocenters. The molecule has 0 aromatic heterocycles. The summed E-state index contributed by atoms with van der Waals surface area (Å²) >= 11 is 0. The molecule has 0 aliphatic carbocycles. The summed E-state index contributed by atoms with van der Waals surface area (Å²) in [5.41, 5.74) is 0. The van der Waals surface area contributed by atoms with Crippen LogP contribution in [0, 0.1) is 0 Å². The van der Waals surface area contributed by atoms with E-state index in [9.17, 15) is 9.59 Å². The number of carbonyl (C=O) groups excluding carboxylic acids is 2. The summed E-state index contributed by atoms with van der Waals surface area (Å²) in [6.45, 7) is 18.4. The first-order chi connectivity index (χ1) is 18.6. The highest BCUT2D eigenvalue weighted by molar-refractivity contribution is 6.61. The van der Waals surface area contributed by atoms with Crippen molar-refractivity contribution in [3.05, 3.63) is 0 Å². The van der Waals surface area contributed by atoms with Gasteiger partial charge in [-0.25, -0.2) is 0 Å². The van der Waals surface area contributed by atoms with E-state index in [4.69, 9.17) is 36.0 Å². The van der Waals surface area contributed by atoms with Crippen molar-refractivity contribution in [2.45, 2.75) is 98.3 Å². The van der Waals surface area contributed by atoms with Gasteiger partial charge >= 0.3 is 17.6 Å². The van der Waals surface area contributed by atoms with Crippen molar-refractivity contribution < 1.29 is 45.6 Å². The number of rotatable bonds is 22. The van der Waals surface area contributed by atoms with E-state index >= 15 is 0 Å². The standard InChI is InChI=1S/C25H52N2O10Si2/c1-9-30-38(31-10-2,32-11-3)19-15-17-26-23(28)21-22(37-25(7,8)36-21)24(29)27-18-16-20-39(33-12-4,34-13-5)35-14-6/h21-22H,9-20H2,1-8H3,(H,26,28)(H,27,29)/t21-,22-/m1/s1. The zero-order valence-corrected chi connectivity index (χ0v) is 27.2. The largest absolute Gasteiger partial charge is 0.500 e. The first-order valence-electron chi connectivity index (χ1n) is 14.3. The maximum Gasteiger partial charge on any atom is 0.500 e. The molecule has 0 unspecified atom stereocenters. The zero-order chi connectivity index (χ0) is 29.4. The molecular formula is C25H52N2O10Si2. The van der Waals surface area contributed by atoms with Gasteiger partial charge in [-0.15, -0.1) is 0 Å². The topological polar surface area (TPSA) is 132 Å². The van der Waals surface area contributed by atoms with E-state index in [2.05, 4.69) is 10.6 Å². The third kappa shape index (κ3) is 12.2. The molecule has 0 saturated carbocycles. The second kappa shape index (κ2) is 18.5. The molecule has 0 radical (unpaired) electrons. The number of amides is 2. The van der Waals surface area contributed by atoms with E-state index in [1.807, 2.05) is 41.5 Å². The van der Waals surface area contributed by atoms with Crippen LogP contribution in [0.25, 0.3) is 0 Å². The Morgan fingerprint density at radius 1 is 0.615 bits per heavy atom. The van der Waals surface area contributed by atoms with Gasteiger partial charge in [0, 0.05) is 64.8 Å². The molecule has 1 saturated heterocycles. The smallest absolute Gasteiger partial charge is 0.374 e. The number of carbonyl (C=O) groups is 2. The summed E-state index contributed by atoms with van der Waals surface area (Å²) in [6.07, 6.45) is -0.957. The molecule has 1 rings (SSSR count). The summed E-state index contributed by atoms with van der Waals surface area (Å²) in [5.74, 6) is -1.90. The lowest BCUT2D eigenvalue weighted by Gasteiger charge is -2.28. The maximum atomic E-state index is 13.0. The Bertz CT molecular complexity index is 626. The van der Waals surface area contributed by atoms with Crippen molar-refractivity contribution in [1.82, 2.24) is 10.6 Å². The van der Waals surface area contributed by atoms with Crippen LogP contribution in [0.15, 0.2) is 0 Å². The third-order valence-corrected chi connectivity index (χ3v) is 12.0. The molecule has 2 N–H and O–H groups in total. The molecule has 1 aliphatic heterocycles. The fraction of sp³-hybridized carbons (Fsp3) is 0.920. The Morgan fingerprint density at radius 2 is 0.897 bits per heavy atom. The lowest BCUT2D eigenvalue weighted by atomic mass is 10.1. The van der Waals surface area contributed by atoms with Crippen molar-refractivity contribution in [2.24, 2.45) is 0 Å². The van der Waals surface area contributed by atoms with Crippen LogP contribution in [0.1, 0.15) is 68.2 Å². The number of hydrogen-bond donors (Lipinski definition) is 2. The van der Waals surface area contributed by atoms with E-state index in [-0.39, 0.29) is 0 Å². The number of ether oxygens (including phenoxy) is 2. The highest BCUT2D eigenvalue weighted by atomic mass is 28.4. The Balaban J connectivity index is 2.67. The van der Waals surface area contributed by atoms with Crippen molar-refractivity contribution in [2.75, 3.05) is 52.7 Å². The van der Waals surface area contributed by atoms with Gasteiger partial charge in [0.2, 0.25) is 0 Å². The van der Waals surface area contributed by atoms with Gasteiger partial charge in [-0.05, 0) is 68.2 Å². The zero-order valence-electron chi connectivity index (χ0n) is 25.2. The van der Waals surface area contributed by atoms with Crippen LogP contribution < -0.4 is 10.6 Å². The van der Waals surface area contributed by atoms with E-state index in [1.165, 1.54) is 0 Å². The Hall–Kier alpha value is -0.946. The van der Waals surface area contributed by atoms with Crippen LogP contribution in [0.5, 0.6) is 0 Å². The summed E-state index contributed by atoms with van der Waals surface area (Å²) in [6, 6.07) is 1.13. The molecule has 0 aromatic rings. The molecule has 2 amide bonds. The summed E-state index contributed by atoms with van der Waals surface area (Å²) in [4.78, 5) is 26.0. The molecule has 0 bridgehead atoms. The molecular weight excluding hydrogens is 544 g/mol. The van der Waals surface area contributed by atoms with Gasteiger partial charge in [-0.3, -0.25) is 9.59 Å². The molecule has 0 aromatic carbocycles. The van der Waals surface area contributed by atoms with Gasteiger partial charge in [-0.2, -0.15) is 0 Å². The van der Waals surface area contributed by atoms with Gasteiger partial charge in [0.05, 0.1) is 0 Å². The fourth-order valence-corrected chi connectivity index (χ4v) is 9.61. The SMILES string of the molecule is CCO[Si](CCCNC(=O)[C@@H]1OC(C)(C)O[C@H]1C(=O)NCCC[Si](OCC)(OCC)OCC)(OCC)OCC. The fourth-order valence-electron chi connectivity index (χ4n) is 4.38. The molecule has 230 valence electrons. The lowest BCUT2D eigenvalue weighted by molar-refractivity contribution is -0.159. The monoisotopic (exact) mass is 596 g/mol. The van der Waals surface area contributed by atoms with E-state index in [1.54, 1.807) is 13.8 Å². The van der Waals surface area contributed by atoms with Crippen molar-refractivity contribution in [3.8, 4) is 0 Å². The predicted octanol–water partition coefficient (Wildman–Crippen LogP) is 2.62. The van der Waals surface area contributed by atoms with Crippen molar-refractivity contribution >= 4 is 29.4 Å². The minimum absolute atomic E-state index is 0.356. The van der Waals surface area contributed by atoms with Gasteiger partial charge in [0.25, 0.3) is 11.8 Å². The molecule has 1 fully saturated rings. The van der Waals surface area contributed by atoms with Gasteiger partial charge in [0.1, 0.15) is 0 Å². The van der Waals surface area contributed by atoms with Crippen LogP contribution in [0.4, 0.5) is 0 Å². The van der Waals surface area contributed by atoms with E-state index < -0.39 is 47.4 Å². The van der Waals surface area contributed by atoms with E-state index in [0.29, 0.717) is 77.7 Å². The number of nitrogens with one attached hydrogen (secondary N) is 2. The molecule has 39 heavy (non-hydrogen) atoms. The first kappa shape index (κ1) is 36.1. The minimum Gasteiger partial charge on any atom is -0.374 e. The highest BCUT2D eigenvalue weighted by Gasteiger charge is 2.49. The molecule has 14 heteroatoms. The summed E-state index contributed by atoms with van der Waals surface area (Å²) in [5, 5.41) is 5.73. The molecule has 1 heterocycles. The molecule has 0 spiro atoms. The molecule has 1 aliphatic rings. The quantitative estimate of drug-likeness (QED) is 0.142. The van der Waals surface area contributed by atoms with Crippen molar-refractivity contribution in [3.63, 3.8) is 0 Å². The first-order valence-corrected chi connectivity index (χ1v) is 18.2. The average molecular weight is 597 g/mol. The normalized spacial score (nSPS) is 19.3. The summed E-state index contributed by atoms with van der Waals surface area (Å²) in [7, 11) is -5.59.